The Balaban J connectivity index is 1.49. The van der Waals surface area contributed by atoms with Crippen LogP contribution in [0.3, 0.4) is 0 Å². The molecule has 7 heteroatoms. The molecule has 0 saturated carbocycles. The molecule has 4 rings (SSSR count). The first-order chi connectivity index (χ1) is 14.9. The molecule has 1 fully saturated rings. The monoisotopic (exact) mass is 420 g/mol. The van der Waals surface area contributed by atoms with Gasteiger partial charge in [0.2, 0.25) is 0 Å². The molecule has 162 valence electrons. The average molecular weight is 421 g/mol. The molecule has 3 heterocycles. The number of anilines is 1. The summed E-state index contributed by atoms with van der Waals surface area (Å²) < 4.78 is 13.0. The first kappa shape index (κ1) is 21.1. The predicted molar refractivity (Wildman–Crippen MR) is 119 cm³/mol. The molecule has 7 nitrogen and oxygen atoms in total. The van der Waals surface area contributed by atoms with Crippen LogP contribution < -0.4 is 10.1 Å². The van der Waals surface area contributed by atoms with E-state index in [0.29, 0.717) is 23.8 Å². The lowest BCUT2D eigenvalue weighted by atomic mass is 9.92. The number of carbonyl (C=O) groups excluding carboxylic acids is 1. The van der Waals surface area contributed by atoms with Crippen LogP contribution in [0.2, 0.25) is 0 Å². The Morgan fingerprint density at radius 2 is 2.03 bits per heavy atom. The zero-order chi connectivity index (χ0) is 21.8. The van der Waals surface area contributed by atoms with Gasteiger partial charge in [0.15, 0.2) is 5.82 Å². The Bertz CT molecular complexity index is 1020. The Kier molecular flexibility index (Phi) is 6.04. The van der Waals surface area contributed by atoms with Gasteiger partial charge in [-0.05, 0) is 49.2 Å². The highest BCUT2D eigenvalue weighted by Crippen LogP contribution is 2.26. The molecule has 0 aliphatic carbocycles. The maximum Gasteiger partial charge on any atom is 0.256 e. The molecule has 0 radical (unpaired) electrons. The summed E-state index contributed by atoms with van der Waals surface area (Å²) in [5.74, 6) is 1.72. The van der Waals surface area contributed by atoms with Crippen molar-refractivity contribution in [1.29, 1.82) is 0 Å². The van der Waals surface area contributed by atoms with Crippen molar-refractivity contribution in [3.8, 4) is 11.6 Å². The molecule has 2 aromatic heterocycles. The topological polar surface area (TPSA) is 78.3 Å². The zero-order valence-electron chi connectivity index (χ0n) is 18.2. The number of hydrogen-bond acceptors (Lipinski definition) is 5. The van der Waals surface area contributed by atoms with Crippen LogP contribution in [0.5, 0.6) is 5.75 Å². The average Bonchev–Trinajstić information content (AvgIpc) is 3.43. The summed E-state index contributed by atoms with van der Waals surface area (Å²) in [6.07, 6.45) is 3.97. The summed E-state index contributed by atoms with van der Waals surface area (Å²) >= 11 is 0. The molecule has 0 bridgehead atoms. The van der Waals surface area contributed by atoms with E-state index in [4.69, 9.17) is 9.47 Å². The van der Waals surface area contributed by atoms with Crippen LogP contribution in [0.4, 0.5) is 5.82 Å². The van der Waals surface area contributed by atoms with Crippen molar-refractivity contribution in [2.24, 2.45) is 0 Å². The smallest absolute Gasteiger partial charge is 0.256 e. The van der Waals surface area contributed by atoms with Gasteiger partial charge in [0.1, 0.15) is 18.2 Å². The molecule has 1 atom stereocenters. The van der Waals surface area contributed by atoms with Gasteiger partial charge in [-0.1, -0.05) is 26.8 Å². The van der Waals surface area contributed by atoms with E-state index in [1.54, 1.807) is 35.1 Å². The van der Waals surface area contributed by atoms with Crippen molar-refractivity contribution in [1.82, 2.24) is 14.8 Å². The fourth-order valence-corrected chi connectivity index (χ4v) is 3.35. The van der Waals surface area contributed by atoms with E-state index in [1.807, 2.05) is 24.3 Å². The number of rotatable bonds is 6. The van der Waals surface area contributed by atoms with E-state index in [2.05, 4.69) is 36.2 Å². The molecule has 1 aliphatic heterocycles. The number of pyridine rings is 1. The third-order valence-electron chi connectivity index (χ3n) is 5.16. The Morgan fingerprint density at radius 1 is 1.23 bits per heavy atom. The first-order valence-corrected chi connectivity index (χ1v) is 10.6. The molecule has 1 saturated heterocycles. The van der Waals surface area contributed by atoms with Crippen LogP contribution in [-0.4, -0.2) is 40.0 Å². The Morgan fingerprint density at radius 3 is 2.68 bits per heavy atom. The van der Waals surface area contributed by atoms with Crippen LogP contribution in [-0.2, 0) is 10.2 Å². The first-order valence-electron chi connectivity index (χ1n) is 10.6. The number of carbonyl (C=O) groups is 1. The van der Waals surface area contributed by atoms with Crippen molar-refractivity contribution in [3.63, 3.8) is 0 Å². The number of nitrogens with zero attached hydrogens (tertiary/aromatic N) is 3. The molecular formula is C24H28N4O3. The van der Waals surface area contributed by atoms with E-state index in [0.717, 1.165) is 30.9 Å². The minimum Gasteiger partial charge on any atom is -0.491 e. The van der Waals surface area contributed by atoms with Crippen LogP contribution in [0, 0.1) is 0 Å². The molecule has 1 aromatic carbocycles. The van der Waals surface area contributed by atoms with Crippen molar-refractivity contribution in [2.45, 2.75) is 45.1 Å². The third-order valence-corrected chi connectivity index (χ3v) is 5.16. The summed E-state index contributed by atoms with van der Waals surface area (Å²) in [6, 6.07) is 14.6. The number of hydrogen-bond donors (Lipinski definition) is 1. The molecule has 1 aliphatic rings. The van der Waals surface area contributed by atoms with E-state index in [9.17, 15) is 4.79 Å². The Labute approximate surface area is 182 Å². The maximum atomic E-state index is 12.9. The number of aromatic nitrogens is 3. The number of ether oxygens (including phenoxy) is 2. The molecule has 1 unspecified atom stereocenters. The van der Waals surface area contributed by atoms with E-state index >= 15 is 0 Å². The molecule has 1 N–H and O–H groups in total. The van der Waals surface area contributed by atoms with Crippen molar-refractivity contribution < 1.29 is 14.3 Å². The van der Waals surface area contributed by atoms with Crippen LogP contribution >= 0.6 is 0 Å². The summed E-state index contributed by atoms with van der Waals surface area (Å²) in [7, 11) is 0. The SMILES string of the molecule is CC(C)(C)c1cc(NC(=O)c2ccc(OCC3CCCO3)cc2)n(-c2ccccn2)n1. The summed E-state index contributed by atoms with van der Waals surface area (Å²) in [5, 5.41) is 7.66. The number of benzene rings is 1. The fourth-order valence-electron chi connectivity index (χ4n) is 3.35. The summed E-state index contributed by atoms with van der Waals surface area (Å²) in [5.41, 5.74) is 1.24. The number of amides is 1. The molecular weight excluding hydrogens is 392 g/mol. The lowest BCUT2D eigenvalue weighted by Crippen LogP contribution is -2.17. The van der Waals surface area contributed by atoms with Crippen molar-refractivity contribution >= 4 is 11.7 Å². The zero-order valence-corrected chi connectivity index (χ0v) is 18.2. The van der Waals surface area contributed by atoms with Gasteiger partial charge in [0.05, 0.1) is 11.8 Å². The van der Waals surface area contributed by atoms with Crippen LogP contribution in [0.15, 0.2) is 54.7 Å². The third kappa shape index (κ3) is 5.11. The lowest BCUT2D eigenvalue weighted by molar-refractivity contribution is 0.0679. The van der Waals surface area contributed by atoms with Crippen LogP contribution in [0.25, 0.3) is 5.82 Å². The van der Waals surface area contributed by atoms with Gasteiger partial charge < -0.3 is 14.8 Å². The maximum absolute atomic E-state index is 12.9. The molecule has 3 aromatic rings. The van der Waals surface area contributed by atoms with E-state index in [-0.39, 0.29) is 17.4 Å². The summed E-state index contributed by atoms with van der Waals surface area (Å²) in [6.45, 7) is 7.58. The van der Waals surface area contributed by atoms with Gasteiger partial charge in [-0.2, -0.15) is 9.78 Å². The van der Waals surface area contributed by atoms with Gasteiger partial charge >= 0.3 is 0 Å². The second-order valence-electron chi connectivity index (χ2n) is 8.69. The predicted octanol–water partition coefficient (Wildman–Crippen LogP) is 4.37. The highest BCUT2D eigenvalue weighted by atomic mass is 16.5. The largest absolute Gasteiger partial charge is 0.491 e. The second-order valence-corrected chi connectivity index (χ2v) is 8.69. The standard InChI is InChI=1S/C24H28N4O3/c1-24(2,3)20-15-22(28(27-20)21-8-4-5-13-25-21)26-23(29)17-9-11-18(12-10-17)31-16-19-7-6-14-30-19/h4-5,8-13,15,19H,6-7,14,16H2,1-3H3,(H,26,29). The van der Waals surface area contributed by atoms with Gasteiger partial charge in [-0.3, -0.25) is 4.79 Å². The minimum absolute atomic E-state index is 0.159. The van der Waals surface area contributed by atoms with Crippen molar-refractivity contribution in [2.75, 3.05) is 18.5 Å². The highest BCUT2D eigenvalue weighted by molar-refractivity contribution is 6.04. The second kappa shape index (κ2) is 8.89. The van der Waals surface area contributed by atoms with Gasteiger partial charge in [-0.25, -0.2) is 4.98 Å². The molecule has 0 spiro atoms. The fraction of sp³-hybridized carbons (Fsp3) is 0.375. The van der Waals surface area contributed by atoms with Gasteiger partial charge in [0.25, 0.3) is 5.91 Å². The van der Waals surface area contributed by atoms with Gasteiger partial charge in [0, 0.05) is 29.8 Å². The molecule has 31 heavy (non-hydrogen) atoms. The number of nitrogens with one attached hydrogen (secondary N) is 1. The Hall–Kier alpha value is -3.19. The quantitative estimate of drug-likeness (QED) is 0.640. The molecule has 1 amide bonds. The summed E-state index contributed by atoms with van der Waals surface area (Å²) in [4.78, 5) is 17.3. The highest BCUT2D eigenvalue weighted by Gasteiger charge is 2.22. The van der Waals surface area contributed by atoms with Gasteiger partial charge in [-0.15, -0.1) is 0 Å². The normalized spacial score (nSPS) is 16.3. The van der Waals surface area contributed by atoms with E-state index in [1.165, 1.54) is 0 Å². The van der Waals surface area contributed by atoms with Crippen molar-refractivity contribution in [3.05, 3.63) is 66.0 Å². The lowest BCUT2D eigenvalue weighted by Gasteiger charge is -2.13. The van der Waals surface area contributed by atoms with Crippen LogP contribution in [0.1, 0.15) is 49.7 Å². The minimum atomic E-state index is -0.219. The van der Waals surface area contributed by atoms with E-state index < -0.39 is 0 Å².